The monoisotopic (exact) mass is 228 g/mol. The zero-order chi connectivity index (χ0) is 12.1. The van der Waals surface area contributed by atoms with Gasteiger partial charge in [0.25, 0.3) is 0 Å². The molecule has 1 aromatic rings. The molecule has 0 amide bonds. The average molecular weight is 228 g/mol. The number of Topliss-reactive ketones (excluding diaryl/α,β-unsaturated/α-hetero) is 1. The molecule has 1 aliphatic rings. The normalized spacial score (nSPS) is 17.6. The van der Waals surface area contributed by atoms with Crippen LogP contribution in [0.25, 0.3) is 0 Å². The lowest BCUT2D eigenvalue weighted by molar-refractivity contribution is -0.120. The highest BCUT2D eigenvalue weighted by molar-refractivity contribution is 5.88. The molecule has 1 saturated carbocycles. The molecule has 0 saturated heterocycles. The second-order valence-corrected chi connectivity index (χ2v) is 4.64. The van der Waals surface area contributed by atoms with E-state index in [1.165, 1.54) is 12.8 Å². The van der Waals surface area contributed by atoms with E-state index in [4.69, 9.17) is 5.26 Å². The van der Waals surface area contributed by atoms with Crippen LogP contribution in [0.2, 0.25) is 0 Å². The highest BCUT2D eigenvalue weighted by atomic mass is 16.1. The number of hydrogen-bond acceptors (Lipinski definition) is 3. The zero-order valence-corrected chi connectivity index (χ0v) is 9.80. The fourth-order valence-corrected chi connectivity index (χ4v) is 2.47. The minimum absolute atomic E-state index is 0.0260. The molecule has 0 aromatic carbocycles. The van der Waals surface area contributed by atoms with Gasteiger partial charge in [-0.2, -0.15) is 5.26 Å². The Hall–Kier alpha value is -1.69. The van der Waals surface area contributed by atoms with Crippen LogP contribution in [0.15, 0.2) is 24.4 Å². The van der Waals surface area contributed by atoms with Crippen LogP contribution < -0.4 is 0 Å². The van der Waals surface area contributed by atoms with Crippen LogP contribution in [-0.2, 0) is 4.79 Å². The van der Waals surface area contributed by atoms with E-state index >= 15 is 0 Å². The van der Waals surface area contributed by atoms with Crippen molar-refractivity contribution in [3.8, 4) is 6.07 Å². The summed E-state index contributed by atoms with van der Waals surface area (Å²) in [6.07, 6.45) is 6.87. The Kier molecular flexibility index (Phi) is 3.87. The number of pyridine rings is 1. The molecule has 0 spiro atoms. The lowest BCUT2D eigenvalue weighted by Gasteiger charge is -2.11. The first-order valence-electron chi connectivity index (χ1n) is 6.14. The van der Waals surface area contributed by atoms with E-state index in [1.54, 1.807) is 18.3 Å². The Balaban J connectivity index is 2.03. The number of aromatic nitrogens is 1. The minimum atomic E-state index is -0.684. The fourth-order valence-electron chi connectivity index (χ4n) is 2.47. The summed E-state index contributed by atoms with van der Waals surface area (Å²) in [7, 11) is 0. The topological polar surface area (TPSA) is 53.8 Å². The van der Waals surface area contributed by atoms with Crippen molar-refractivity contribution < 1.29 is 4.79 Å². The van der Waals surface area contributed by atoms with Crippen LogP contribution >= 0.6 is 0 Å². The van der Waals surface area contributed by atoms with E-state index in [1.807, 2.05) is 6.07 Å². The quantitative estimate of drug-likeness (QED) is 0.796. The maximum atomic E-state index is 12.1. The highest BCUT2D eigenvalue weighted by Crippen LogP contribution is 2.29. The molecule has 17 heavy (non-hydrogen) atoms. The predicted molar refractivity (Wildman–Crippen MR) is 64.2 cm³/mol. The van der Waals surface area contributed by atoms with Gasteiger partial charge >= 0.3 is 0 Å². The standard InChI is InChI=1S/C14H16N2O/c15-10-12(13-7-3-4-8-16-13)14(17)9-11-5-1-2-6-11/h3-4,7-8,11-12H,1-2,5-6,9H2. The molecule has 3 heteroatoms. The van der Waals surface area contributed by atoms with Gasteiger partial charge in [-0.15, -0.1) is 0 Å². The van der Waals surface area contributed by atoms with Crippen LogP contribution in [0.1, 0.15) is 43.7 Å². The SMILES string of the molecule is N#CC(C(=O)CC1CCCC1)c1ccccn1. The molecule has 1 aromatic heterocycles. The lowest BCUT2D eigenvalue weighted by Crippen LogP contribution is -2.15. The number of hydrogen-bond donors (Lipinski definition) is 0. The van der Waals surface area contributed by atoms with Crippen molar-refractivity contribution in [2.24, 2.45) is 5.92 Å². The molecule has 1 aliphatic carbocycles. The summed E-state index contributed by atoms with van der Waals surface area (Å²) in [5.41, 5.74) is 0.581. The second kappa shape index (κ2) is 5.58. The van der Waals surface area contributed by atoms with Crippen molar-refractivity contribution in [2.75, 3.05) is 0 Å². The van der Waals surface area contributed by atoms with Crippen molar-refractivity contribution in [1.29, 1.82) is 5.26 Å². The van der Waals surface area contributed by atoms with Gasteiger partial charge in [0.1, 0.15) is 5.92 Å². The summed E-state index contributed by atoms with van der Waals surface area (Å²) in [6.45, 7) is 0. The number of carbonyl (C=O) groups excluding carboxylic acids is 1. The van der Waals surface area contributed by atoms with Crippen LogP contribution in [-0.4, -0.2) is 10.8 Å². The number of nitrogens with zero attached hydrogens (tertiary/aromatic N) is 2. The Morgan fingerprint density at radius 2 is 2.24 bits per heavy atom. The molecule has 1 atom stereocenters. The molecule has 1 heterocycles. The van der Waals surface area contributed by atoms with Gasteiger partial charge in [0.05, 0.1) is 11.8 Å². The van der Waals surface area contributed by atoms with Gasteiger partial charge in [-0.05, 0) is 18.1 Å². The number of ketones is 1. The molecule has 2 rings (SSSR count). The van der Waals surface area contributed by atoms with E-state index < -0.39 is 5.92 Å². The smallest absolute Gasteiger partial charge is 0.156 e. The average Bonchev–Trinajstić information content (AvgIpc) is 2.84. The molecule has 0 bridgehead atoms. The van der Waals surface area contributed by atoms with Gasteiger partial charge in [-0.3, -0.25) is 9.78 Å². The lowest BCUT2D eigenvalue weighted by atomic mass is 9.92. The first-order valence-corrected chi connectivity index (χ1v) is 6.14. The summed E-state index contributed by atoms with van der Waals surface area (Å²) in [5, 5.41) is 9.11. The van der Waals surface area contributed by atoms with Gasteiger partial charge in [0.2, 0.25) is 0 Å². The summed E-state index contributed by atoms with van der Waals surface area (Å²) in [6, 6.07) is 7.44. The van der Waals surface area contributed by atoms with Gasteiger partial charge < -0.3 is 0 Å². The van der Waals surface area contributed by atoms with Crippen LogP contribution in [0, 0.1) is 17.2 Å². The van der Waals surface area contributed by atoms with Crippen molar-refractivity contribution in [1.82, 2.24) is 4.98 Å². The molecule has 88 valence electrons. The third-order valence-electron chi connectivity index (χ3n) is 3.40. The van der Waals surface area contributed by atoms with Crippen molar-refractivity contribution in [3.63, 3.8) is 0 Å². The largest absolute Gasteiger partial charge is 0.298 e. The van der Waals surface area contributed by atoms with Crippen molar-refractivity contribution >= 4 is 5.78 Å². The van der Waals surface area contributed by atoms with E-state index in [2.05, 4.69) is 11.1 Å². The Morgan fingerprint density at radius 3 is 2.82 bits per heavy atom. The summed E-state index contributed by atoms with van der Waals surface area (Å²) >= 11 is 0. The first-order chi connectivity index (χ1) is 8.31. The summed E-state index contributed by atoms with van der Waals surface area (Å²) < 4.78 is 0. The molecular formula is C14H16N2O. The number of nitriles is 1. The van der Waals surface area contributed by atoms with E-state index in [0.717, 1.165) is 12.8 Å². The summed E-state index contributed by atoms with van der Waals surface area (Å²) in [4.78, 5) is 16.2. The molecule has 0 radical (unpaired) electrons. The Labute approximate surface area is 101 Å². The zero-order valence-electron chi connectivity index (χ0n) is 9.80. The van der Waals surface area contributed by atoms with E-state index in [9.17, 15) is 4.79 Å². The molecule has 3 nitrogen and oxygen atoms in total. The number of rotatable bonds is 4. The third kappa shape index (κ3) is 2.91. The van der Waals surface area contributed by atoms with Crippen LogP contribution in [0.5, 0.6) is 0 Å². The minimum Gasteiger partial charge on any atom is -0.298 e. The van der Waals surface area contributed by atoms with E-state index in [0.29, 0.717) is 18.0 Å². The van der Waals surface area contributed by atoms with Gasteiger partial charge in [-0.1, -0.05) is 31.7 Å². The second-order valence-electron chi connectivity index (χ2n) is 4.64. The van der Waals surface area contributed by atoms with Crippen LogP contribution in [0.3, 0.4) is 0 Å². The molecule has 0 aliphatic heterocycles. The van der Waals surface area contributed by atoms with Gasteiger partial charge in [0, 0.05) is 12.6 Å². The Bertz CT molecular complexity index is 416. The third-order valence-corrected chi connectivity index (χ3v) is 3.40. The molecular weight excluding hydrogens is 212 g/mol. The molecule has 1 fully saturated rings. The van der Waals surface area contributed by atoms with E-state index in [-0.39, 0.29) is 5.78 Å². The maximum absolute atomic E-state index is 12.1. The molecule has 1 unspecified atom stereocenters. The fraction of sp³-hybridized carbons (Fsp3) is 0.500. The maximum Gasteiger partial charge on any atom is 0.156 e. The number of carbonyl (C=O) groups is 1. The Morgan fingerprint density at radius 1 is 1.47 bits per heavy atom. The predicted octanol–water partition coefficient (Wildman–Crippen LogP) is 2.84. The van der Waals surface area contributed by atoms with Gasteiger partial charge in [-0.25, -0.2) is 0 Å². The van der Waals surface area contributed by atoms with Gasteiger partial charge in [0.15, 0.2) is 5.78 Å². The first kappa shape index (κ1) is 11.8. The highest BCUT2D eigenvalue weighted by Gasteiger charge is 2.25. The van der Waals surface area contributed by atoms with Crippen LogP contribution in [0.4, 0.5) is 0 Å². The summed E-state index contributed by atoms with van der Waals surface area (Å²) in [5.74, 6) is -0.169. The molecule has 0 N–H and O–H groups in total. The van der Waals surface area contributed by atoms with Crippen molar-refractivity contribution in [2.45, 2.75) is 38.0 Å². The van der Waals surface area contributed by atoms with Crippen molar-refractivity contribution in [3.05, 3.63) is 30.1 Å².